The highest BCUT2D eigenvalue weighted by Crippen LogP contribution is 1.80. The Labute approximate surface area is 43.0 Å². The van der Waals surface area contributed by atoms with Crippen LogP contribution in [0.25, 0.3) is 0 Å². The van der Waals surface area contributed by atoms with Crippen LogP contribution in [0.1, 0.15) is 0 Å². The summed E-state index contributed by atoms with van der Waals surface area (Å²) in [5.74, 6) is 0. The smallest absolute Gasteiger partial charge is 0.0715 e. The third-order valence-electron chi connectivity index (χ3n) is 0.949. The first-order chi connectivity index (χ1) is 2.56. The fourth-order valence-corrected chi connectivity index (χ4v) is 0. The maximum absolute atomic E-state index is 2.22. The molecule has 0 atom stereocenters. The maximum Gasteiger partial charge on any atom is 0.0715 e. The van der Waals surface area contributed by atoms with Crippen LogP contribution in [0.4, 0.5) is 0 Å². The molecule has 0 heterocycles. The van der Waals surface area contributed by atoms with Gasteiger partial charge in [0.15, 0.2) is 0 Å². The van der Waals surface area contributed by atoms with Crippen molar-refractivity contribution in [2.75, 3.05) is 27.3 Å². The van der Waals surface area contributed by atoms with E-state index < -0.39 is 0 Å². The van der Waals surface area contributed by atoms with Gasteiger partial charge < -0.3 is 4.48 Å². The van der Waals surface area contributed by atoms with Crippen LogP contribution in [-0.4, -0.2) is 42.0 Å². The Bertz CT molecular complexity index is 37.3. The summed E-state index contributed by atoms with van der Waals surface area (Å²) in [4.78, 5) is 0. The second-order valence-corrected chi connectivity index (χ2v) is 3.24. The summed E-state index contributed by atoms with van der Waals surface area (Å²) < 4.78 is 1.13. The Kier molecular flexibility index (Phi) is 1.81. The van der Waals surface area contributed by atoms with Crippen LogP contribution < -0.4 is 0 Å². The Hall–Kier alpha value is 0.177. The van der Waals surface area contributed by atoms with Crippen LogP contribution in [-0.2, 0) is 0 Å². The quantitative estimate of drug-likeness (QED) is 0.296. The average molecular weight is 104 g/mol. The predicted molar refractivity (Wildman–Crippen MR) is 32.8 cm³/mol. The monoisotopic (exact) mass is 104 g/mol. The van der Waals surface area contributed by atoms with Crippen LogP contribution in [0.15, 0.2) is 0 Å². The van der Waals surface area contributed by atoms with E-state index in [2.05, 4.69) is 21.1 Å². The van der Waals surface area contributed by atoms with Gasteiger partial charge in [0.05, 0.1) is 37.6 Å². The largest absolute Gasteiger partial charge is 0.335 e. The van der Waals surface area contributed by atoms with Crippen LogP contribution in [0.5, 0.6) is 0 Å². The molecule has 0 saturated carbocycles. The third-order valence-corrected chi connectivity index (χ3v) is 2.85. The second-order valence-electron chi connectivity index (χ2n) is 2.61. The molecule has 0 fully saturated rings. The Morgan fingerprint density at radius 1 is 1.33 bits per heavy atom. The Morgan fingerprint density at radius 2 is 1.50 bits per heavy atom. The molecule has 0 aromatic carbocycles. The fourth-order valence-electron chi connectivity index (χ4n) is 0. The summed E-state index contributed by atoms with van der Waals surface area (Å²) in [6.07, 6.45) is 1.35. The normalized spacial score (nSPS) is 12.5. The van der Waals surface area contributed by atoms with Gasteiger partial charge in [-0.3, -0.25) is 0 Å². The standard InChI is InChI=1S/C4H14NSi/c1-5(2,3)4-6/h4H2,1-3,6H3/q+1. The topological polar surface area (TPSA) is 0 Å². The zero-order valence-electron chi connectivity index (χ0n) is 5.15. The van der Waals surface area contributed by atoms with E-state index in [0.29, 0.717) is 0 Å². The van der Waals surface area contributed by atoms with E-state index in [9.17, 15) is 0 Å². The average Bonchev–Trinajstić information content (AvgIpc) is 1.35. The number of nitrogens with zero attached hydrogens (tertiary/aromatic N) is 1. The molecule has 0 aromatic rings. The zero-order chi connectivity index (χ0) is 5.21. The lowest BCUT2D eigenvalue weighted by atomic mass is 10.8. The van der Waals surface area contributed by atoms with Crippen molar-refractivity contribution in [1.82, 2.24) is 0 Å². The number of hydrogen-bond donors (Lipinski definition) is 0. The molecule has 0 aliphatic heterocycles. The van der Waals surface area contributed by atoms with Crippen molar-refractivity contribution in [3.63, 3.8) is 0 Å². The lowest BCUT2D eigenvalue weighted by Crippen LogP contribution is -2.35. The highest BCUT2D eigenvalue weighted by atomic mass is 28.1. The minimum absolute atomic E-state index is 1.13. The van der Waals surface area contributed by atoms with Crippen molar-refractivity contribution >= 4 is 10.2 Å². The fraction of sp³-hybridized carbons (Fsp3) is 1.00. The molecule has 1 nitrogen and oxygen atoms in total. The summed E-state index contributed by atoms with van der Waals surface area (Å²) >= 11 is 0. The first kappa shape index (κ1) is 6.18. The molecule has 0 aliphatic rings. The van der Waals surface area contributed by atoms with Crippen molar-refractivity contribution in [3.8, 4) is 0 Å². The van der Waals surface area contributed by atoms with Crippen LogP contribution in [0.2, 0.25) is 0 Å². The van der Waals surface area contributed by atoms with Crippen molar-refractivity contribution in [2.24, 2.45) is 0 Å². The highest BCUT2D eigenvalue weighted by molar-refractivity contribution is 6.07. The highest BCUT2D eigenvalue weighted by Gasteiger charge is 1.97. The van der Waals surface area contributed by atoms with E-state index >= 15 is 0 Å². The van der Waals surface area contributed by atoms with E-state index in [0.717, 1.165) is 4.48 Å². The van der Waals surface area contributed by atoms with E-state index in [-0.39, 0.29) is 0 Å². The molecule has 38 valence electrons. The Morgan fingerprint density at radius 3 is 1.50 bits per heavy atom. The summed E-state index contributed by atoms with van der Waals surface area (Å²) in [6, 6.07) is 0. The lowest BCUT2D eigenvalue weighted by molar-refractivity contribution is -0.858. The number of rotatable bonds is 1. The van der Waals surface area contributed by atoms with Gasteiger partial charge >= 0.3 is 0 Å². The van der Waals surface area contributed by atoms with E-state index in [1.165, 1.54) is 16.4 Å². The minimum atomic E-state index is 1.13. The van der Waals surface area contributed by atoms with E-state index in [4.69, 9.17) is 0 Å². The van der Waals surface area contributed by atoms with Gasteiger partial charge in [0.2, 0.25) is 0 Å². The van der Waals surface area contributed by atoms with Gasteiger partial charge in [-0.05, 0) is 0 Å². The summed E-state index contributed by atoms with van der Waals surface area (Å²) in [6.45, 7) is 0. The summed E-state index contributed by atoms with van der Waals surface area (Å²) in [7, 11) is 7.97. The molecule has 2 heteroatoms. The first-order valence-corrected chi connectivity index (χ1v) is 3.78. The van der Waals surface area contributed by atoms with Crippen LogP contribution >= 0.6 is 0 Å². The molecule has 0 saturated heterocycles. The molecule has 0 aromatic heterocycles. The second kappa shape index (κ2) is 1.75. The SMILES string of the molecule is C[N+](C)(C)C[SiH3]. The summed E-state index contributed by atoms with van der Waals surface area (Å²) in [5.41, 5.74) is 0. The molecular formula is C4H14NSi+. The molecular weight excluding hydrogens is 90.1 g/mol. The van der Waals surface area contributed by atoms with Crippen molar-refractivity contribution in [3.05, 3.63) is 0 Å². The van der Waals surface area contributed by atoms with Crippen LogP contribution in [0, 0.1) is 0 Å². The lowest BCUT2D eigenvalue weighted by Gasteiger charge is -2.20. The number of quaternary nitrogens is 1. The van der Waals surface area contributed by atoms with Gasteiger partial charge in [0, 0.05) is 0 Å². The number of hydrogen-bond acceptors (Lipinski definition) is 0. The molecule has 0 radical (unpaired) electrons. The van der Waals surface area contributed by atoms with Gasteiger partial charge in [-0.2, -0.15) is 0 Å². The van der Waals surface area contributed by atoms with Crippen molar-refractivity contribution < 1.29 is 4.48 Å². The maximum atomic E-state index is 2.22. The first-order valence-electron chi connectivity index (χ1n) is 2.36. The van der Waals surface area contributed by atoms with Gasteiger partial charge in [-0.1, -0.05) is 0 Å². The molecule has 0 unspecified atom stereocenters. The minimum Gasteiger partial charge on any atom is -0.335 e. The Balaban J connectivity index is 3.17. The van der Waals surface area contributed by atoms with Gasteiger partial charge in [-0.15, -0.1) is 0 Å². The van der Waals surface area contributed by atoms with Gasteiger partial charge in [0.25, 0.3) is 0 Å². The molecule has 6 heavy (non-hydrogen) atoms. The van der Waals surface area contributed by atoms with Crippen molar-refractivity contribution in [1.29, 1.82) is 0 Å². The van der Waals surface area contributed by atoms with E-state index in [1.807, 2.05) is 0 Å². The molecule has 0 N–H and O–H groups in total. The van der Waals surface area contributed by atoms with E-state index in [1.54, 1.807) is 0 Å². The van der Waals surface area contributed by atoms with Gasteiger partial charge in [0.1, 0.15) is 0 Å². The molecule has 0 bridgehead atoms. The van der Waals surface area contributed by atoms with Gasteiger partial charge in [-0.25, -0.2) is 0 Å². The third kappa shape index (κ3) is 4.18. The molecule has 0 amide bonds. The predicted octanol–water partition coefficient (Wildman–Crippen LogP) is -0.984. The van der Waals surface area contributed by atoms with Crippen molar-refractivity contribution in [2.45, 2.75) is 0 Å². The summed E-state index contributed by atoms with van der Waals surface area (Å²) in [5, 5.41) is 0. The molecule has 0 spiro atoms. The zero-order valence-corrected chi connectivity index (χ0v) is 7.15. The molecule has 0 rings (SSSR count). The molecule has 0 aliphatic carbocycles. The van der Waals surface area contributed by atoms with Crippen LogP contribution in [0.3, 0.4) is 0 Å².